The molecular formula is C18H13F3N2O3. The first kappa shape index (κ1) is 16.6. The van der Waals surface area contributed by atoms with Crippen molar-refractivity contribution in [3.8, 4) is 0 Å². The maximum atomic E-state index is 13.1. The second-order valence-electron chi connectivity index (χ2n) is 5.75. The molecule has 2 aliphatic rings. The molecule has 0 spiro atoms. The number of para-hydroxylation sites is 1. The van der Waals surface area contributed by atoms with Gasteiger partial charge < -0.3 is 14.1 Å². The molecule has 3 heterocycles. The highest BCUT2D eigenvalue weighted by atomic mass is 19.4. The molecule has 134 valence electrons. The van der Waals surface area contributed by atoms with Crippen molar-refractivity contribution >= 4 is 22.5 Å². The molecule has 2 aliphatic heterocycles. The number of nitrogens with zero attached hydrogens (tertiary/aromatic N) is 2. The summed E-state index contributed by atoms with van der Waals surface area (Å²) in [6.07, 6.45) is -2.45. The molecule has 8 heteroatoms. The van der Waals surface area contributed by atoms with Crippen molar-refractivity contribution in [3.05, 3.63) is 64.2 Å². The van der Waals surface area contributed by atoms with E-state index < -0.39 is 23.6 Å². The van der Waals surface area contributed by atoms with Gasteiger partial charge in [-0.25, -0.2) is 9.79 Å². The van der Waals surface area contributed by atoms with Gasteiger partial charge in [0.15, 0.2) is 6.23 Å². The Morgan fingerprint density at radius 3 is 2.77 bits per heavy atom. The number of fused-ring (bicyclic) bond motifs is 4. The van der Waals surface area contributed by atoms with E-state index in [2.05, 4.69) is 4.99 Å². The van der Waals surface area contributed by atoms with E-state index in [4.69, 9.17) is 9.15 Å². The maximum Gasteiger partial charge on any atom is 0.417 e. The number of ether oxygens (including phenoxy) is 1. The average Bonchev–Trinajstić information content (AvgIpc) is 2.60. The zero-order chi connectivity index (χ0) is 18.5. The molecule has 0 aliphatic carbocycles. The standard InChI is InChI=1S/C18H13F3N2O3/c1-2-25-16-14-15(11-5-3-4-6-12(11)26-17(14)24)22-13-8-7-10(9-23(13)16)18(19,20)21/h3-9,16H,2H2,1H3. The van der Waals surface area contributed by atoms with Crippen LogP contribution in [0, 0.1) is 0 Å². The van der Waals surface area contributed by atoms with Crippen molar-refractivity contribution in [3.63, 3.8) is 0 Å². The van der Waals surface area contributed by atoms with E-state index in [1.54, 1.807) is 31.2 Å². The van der Waals surface area contributed by atoms with E-state index in [0.29, 0.717) is 16.7 Å². The second kappa shape index (κ2) is 5.84. The summed E-state index contributed by atoms with van der Waals surface area (Å²) in [7, 11) is 0. The Kier molecular flexibility index (Phi) is 3.73. The summed E-state index contributed by atoms with van der Waals surface area (Å²) in [6, 6.07) is 6.86. The van der Waals surface area contributed by atoms with Gasteiger partial charge >= 0.3 is 11.8 Å². The monoisotopic (exact) mass is 362 g/mol. The van der Waals surface area contributed by atoms with Crippen LogP contribution in [0.4, 0.5) is 18.9 Å². The molecule has 5 nitrogen and oxygen atoms in total. The van der Waals surface area contributed by atoms with Gasteiger partial charge in [-0.2, -0.15) is 13.2 Å². The van der Waals surface area contributed by atoms with E-state index in [9.17, 15) is 18.0 Å². The molecule has 26 heavy (non-hydrogen) atoms. The van der Waals surface area contributed by atoms with Crippen LogP contribution in [-0.2, 0) is 4.74 Å². The topological polar surface area (TPSA) is 55.0 Å². The highest BCUT2D eigenvalue weighted by Crippen LogP contribution is 2.41. The largest absolute Gasteiger partial charge is 0.422 e. The predicted molar refractivity (Wildman–Crippen MR) is 89.1 cm³/mol. The highest BCUT2D eigenvalue weighted by Gasteiger charge is 2.39. The van der Waals surface area contributed by atoms with Crippen LogP contribution in [0.1, 0.15) is 18.7 Å². The summed E-state index contributed by atoms with van der Waals surface area (Å²) in [5.41, 5.74) is -0.737. The van der Waals surface area contributed by atoms with Gasteiger partial charge in [0.1, 0.15) is 17.0 Å². The first-order valence-electron chi connectivity index (χ1n) is 7.91. The molecule has 1 unspecified atom stereocenters. The number of hydrogen-bond donors (Lipinski definition) is 0. The van der Waals surface area contributed by atoms with Crippen molar-refractivity contribution in [1.82, 2.24) is 4.90 Å². The third-order valence-electron chi connectivity index (χ3n) is 4.15. The van der Waals surface area contributed by atoms with Gasteiger partial charge in [0.2, 0.25) is 0 Å². The van der Waals surface area contributed by atoms with Crippen LogP contribution in [0.5, 0.6) is 0 Å². The van der Waals surface area contributed by atoms with Crippen LogP contribution >= 0.6 is 0 Å². The van der Waals surface area contributed by atoms with Crippen molar-refractivity contribution in [1.29, 1.82) is 0 Å². The zero-order valence-corrected chi connectivity index (χ0v) is 13.6. The maximum absolute atomic E-state index is 13.1. The number of allylic oxidation sites excluding steroid dienone is 2. The Hall–Kier alpha value is -2.87. The first-order chi connectivity index (χ1) is 12.4. The SMILES string of the molecule is CCOC1c2c(c3ccccc3oc2=O)N=C2C=CC(C(F)(F)F)=CN21. The quantitative estimate of drug-likeness (QED) is 0.752. The molecule has 0 radical (unpaired) electrons. The number of hydrogen-bond acceptors (Lipinski definition) is 5. The predicted octanol–water partition coefficient (Wildman–Crippen LogP) is 4.19. The third kappa shape index (κ3) is 2.53. The van der Waals surface area contributed by atoms with Crippen LogP contribution in [-0.4, -0.2) is 23.5 Å². The molecular weight excluding hydrogens is 349 g/mol. The summed E-state index contributed by atoms with van der Waals surface area (Å²) in [5.74, 6) is 0.264. The number of benzene rings is 1. The second-order valence-corrected chi connectivity index (χ2v) is 5.75. The molecule has 0 saturated carbocycles. The molecule has 4 rings (SSSR count). The van der Waals surface area contributed by atoms with Gasteiger partial charge in [0.25, 0.3) is 0 Å². The van der Waals surface area contributed by atoms with Crippen LogP contribution in [0.2, 0.25) is 0 Å². The summed E-state index contributed by atoms with van der Waals surface area (Å²) < 4.78 is 50.2. The number of amidine groups is 1. The van der Waals surface area contributed by atoms with Crippen molar-refractivity contribution < 1.29 is 22.3 Å². The van der Waals surface area contributed by atoms with Crippen LogP contribution in [0.3, 0.4) is 0 Å². The number of halogens is 3. The fourth-order valence-corrected chi connectivity index (χ4v) is 3.02. The summed E-state index contributed by atoms with van der Waals surface area (Å²) >= 11 is 0. The molecule has 0 bridgehead atoms. The van der Waals surface area contributed by atoms with Crippen molar-refractivity contribution in [2.24, 2.45) is 4.99 Å². The Bertz CT molecular complexity index is 1030. The summed E-state index contributed by atoms with van der Waals surface area (Å²) in [5, 5.41) is 0.595. The molecule has 1 atom stereocenters. The molecule has 1 aromatic carbocycles. The van der Waals surface area contributed by atoms with Crippen LogP contribution in [0.15, 0.2) is 62.4 Å². The van der Waals surface area contributed by atoms with Crippen molar-refractivity contribution in [2.45, 2.75) is 19.3 Å². The van der Waals surface area contributed by atoms with Gasteiger partial charge in [-0.3, -0.25) is 0 Å². The normalized spacial score (nSPS) is 19.1. The Morgan fingerprint density at radius 2 is 2.04 bits per heavy atom. The smallest absolute Gasteiger partial charge is 0.417 e. The fourth-order valence-electron chi connectivity index (χ4n) is 3.02. The summed E-state index contributed by atoms with van der Waals surface area (Å²) in [4.78, 5) is 18.1. The average molecular weight is 362 g/mol. The van der Waals surface area contributed by atoms with E-state index in [1.165, 1.54) is 11.0 Å². The molecule has 0 N–H and O–H groups in total. The number of alkyl halides is 3. The lowest BCUT2D eigenvalue weighted by Gasteiger charge is -2.36. The molecule has 0 saturated heterocycles. The summed E-state index contributed by atoms with van der Waals surface area (Å²) in [6.45, 7) is 1.89. The minimum atomic E-state index is -4.52. The third-order valence-corrected chi connectivity index (χ3v) is 4.15. The molecule has 2 aromatic rings. The van der Waals surface area contributed by atoms with E-state index >= 15 is 0 Å². The highest BCUT2D eigenvalue weighted by molar-refractivity contribution is 6.02. The van der Waals surface area contributed by atoms with E-state index in [0.717, 1.165) is 12.3 Å². The Labute approximate surface area is 145 Å². The Balaban J connectivity index is 1.97. The molecule has 1 aromatic heterocycles. The first-order valence-corrected chi connectivity index (χ1v) is 7.91. The van der Waals surface area contributed by atoms with E-state index in [-0.39, 0.29) is 18.0 Å². The zero-order valence-electron chi connectivity index (χ0n) is 13.6. The lowest BCUT2D eigenvalue weighted by molar-refractivity contribution is -0.0905. The molecule has 0 fully saturated rings. The minimum Gasteiger partial charge on any atom is -0.422 e. The van der Waals surface area contributed by atoms with Gasteiger partial charge in [0, 0.05) is 18.2 Å². The van der Waals surface area contributed by atoms with Crippen LogP contribution in [0.25, 0.3) is 11.0 Å². The lowest BCUT2D eigenvalue weighted by Crippen LogP contribution is -2.38. The van der Waals surface area contributed by atoms with Gasteiger partial charge in [-0.1, -0.05) is 12.1 Å². The lowest BCUT2D eigenvalue weighted by atomic mass is 10.0. The van der Waals surface area contributed by atoms with Gasteiger partial charge in [-0.15, -0.1) is 0 Å². The van der Waals surface area contributed by atoms with Crippen LogP contribution < -0.4 is 5.63 Å². The van der Waals surface area contributed by atoms with Gasteiger partial charge in [-0.05, 0) is 31.2 Å². The molecule has 0 amide bonds. The number of rotatable bonds is 2. The van der Waals surface area contributed by atoms with E-state index in [1.807, 2.05) is 0 Å². The fraction of sp³-hybridized carbons (Fsp3) is 0.222. The number of aliphatic imine (C=N–C) groups is 1. The van der Waals surface area contributed by atoms with Crippen molar-refractivity contribution in [2.75, 3.05) is 6.61 Å². The Morgan fingerprint density at radius 1 is 1.27 bits per heavy atom. The minimum absolute atomic E-state index is 0.0855. The van der Waals surface area contributed by atoms with Gasteiger partial charge in [0.05, 0.1) is 11.3 Å².